The van der Waals surface area contributed by atoms with E-state index in [0.717, 1.165) is 12.1 Å². The first-order valence-electron chi connectivity index (χ1n) is 5.16. The van der Waals surface area contributed by atoms with Crippen molar-refractivity contribution >= 4 is 6.08 Å². The number of allylic oxidation sites excluding steroid dienone is 1. The fourth-order valence-corrected chi connectivity index (χ4v) is 2.01. The van der Waals surface area contributed by atoms with Gasteiger partial charge in [0, 0.05) is 11.1 Å². The van der Waals surface area contributed by atoms with E-state index in [9.17, 15) is 0 Å². The maximum Gasteiger partial charge on any atom is 0.0501 e. The van der Waals surface area contributed by atoms with E-state index in [1.807, 2.05) is 0 Å². The zero-order chi connectivity index (χ0) is 10.3. The third kappa shape index (κ3) is 1.47. The van der Waals surface area contributed by atoms with Crippen LogP contribution in [0.15, 0.2) is 12.1 Å². The van der Waals surface area contributed by atoms with Crippen molar-refractivity contribution < 1.29 is 0 Å². The highest BCUT2D eigenvalue weighted by Crippen LogP contribution is 2.30. The van der Waals surface area contributed by atoms with Crippen molar-refractivity contribution in [3.63, 3.8) is 0 Å². The SMILES string of the molecule is Cc1cc2c(c(C(C)(C)C)n1)CC=C2. The van der Waals surface area contributed by atoms with Crippen molar-refractivity contribution in [2.45, 2.75) is 39.5 Å². The second kappa shape index (κ2) is 2.94. The first-order valence-corrected chi connectivity index (χ1v) is 5.16. The molecule has 0 saturated heterocycles. The van der Waals surface area contributed by atoms with Crippen molar-refractivity contribution in [3.05, 3.63) is 34.7 Å². The van der Waals surface area contributed by atoms with Crippen molar-refractivity contribution in [2.24, 2.45) is 0 Å². The Hall–Kier alpha value is -1.11. The lowest BCUT2D eigenvalue weighted by molar-refractivity contribution is 0.561. The molecule has 74 valence electrons. The fraction of sp³-hybridized carbons (Fsp3) is 0.462. The predicted octanol–water partition coefficient (Wildman–Crippen LogP) is 3.26. The summed E-state index contributed by atoms with van der Waals surface area (Å²) in [4.78, 5) is 4.68. The van der Waals surface area contributed by atoms with Gasteiger partial charge in [0.2, 0.25) is 0 Å². The van der Waals surface area contributed by atoms with Gasteiger partial charge in [-0.2, -0.15) is 0 Å². The summed E-state index contributed by atoms with van der Waals surface area (Å²) in [6.45, 7) is 8.76. The molecular formula is C13H17N. The summed E-state index contributed by atoms with van der Waals surface area (Å²) in [6.07, 6.45) is 5.48. The summed E-state index contributed by atoms with van der Waals surface area (Å²) in [5.74, 6) is 0. The van der Waals surface area contributed by atoms with E-state index in [0.29, 0.717) is 0 Å². The van der Waals surface area contributed by atoms with Crippen LogP contribution in [0.3, 0.4) is 0 Å². The number of nitrogens with zero attached hydrogens (tertiary/aromatic N) is 1. The Bertz CT molecular complexity index is 394. The van der Waals surface area contributed by atoms with Gasteiger partial charge in [0.1, 0.15) is 0 Å². The lowest BCUT2D eigenvalue weighted by Crippen LogP contribution is -2.17. The molecule has 0 bridgehead atoms. The summed E-state index contributed by atoms with van der Waals surface area (Å²) in [5.41, 5.74) is 5.32. The molecule has 0 amide bonds. The second-order valence-corrected chi connectivity index (χ2v) is 5.04. The van der Waals surface area contributed by atoms with Crippen molar-refractivity contribution in [3.8, 4) is 0 Å². The Balaban J connectivity index is 2.63. The van der Waals surface area contributed by atoms with Crippen LogP contribution in [0.4, 0.5) is 0 Å². The molecule has 0 spiro atoms. The van der Waals surface area contributed by atoms with Gasteiger partial charge in [0.05, 0.1) is 5.69 Å². The van der Waals surface area contributed by atoms with E-state index in [2.05, 4.69) is 50.9 Å². The number of fused-ring (bicyclic) bond motifs is 1. The molecule has 0 unspecified atom stereocenters. The molecular weight excluding hydrogens is 170 g/mol. The third-order valence-electron chi connectivity index (χ3n) is 2.62. The first kappa shape index (κ1) is 9.45. The Morgan fingerprint density at radius 1 is 1.29 bits per heavy atom. The number of aryl methyl sites for hydroxylation is 1. The maximum atomic E-state index is 4.68. The van der Waals surface area contributed by atoms with Gasteiger partial charge in [0.25, 0.3) is 0 Å². The molecule has 0 radical (unpaired) electrons. The highest BCUT2D eigenvalue weighted by atomic mass is 14.7. The molecule has 1 aromatic heterocycles. The average molecular weight is 187 g/mol. The van der Waals surface area contributed by atoms with Crippen LogP contribution in [0.25, 0.3) is 6.08 Å². The largest absolute Gasteiger partial charge is 0.257 e. The van der Waals surface area contributed by atoms with Gasteiger partial charge >= 0.3 is 0 Å². The Labute approximate surface area is 85.9 Å². The molecule has 1 aliphatic rings. The van der Waals surface area contributed by atoms with Crippen LogP contribution < -0.4 is 0 Å². The van der Waals surface area contributed by atoms with Crippen LogP contribution in [0.1, 0.15) is 43.3 Å². The minimum atomic E-state index is 0.155. The van der Waals surface area contributed by atoms with Gasteiger partial charge in [-0.25, -0.2) is 0 Å². The van der Waals surface area contributed by atoms with E-state index < -0.39 is 0 Å². The van der Waals surface area contributed by atoms with Gasteiger partial charge in [-0.05, 0) is 30.5 Å². The molecule has 0 fully saturated rings. The number of rotatable bonds is 0. The lowest BCUT2D eigenvalue weighted by Gasteiger charge is -2.22. The van der Waals surface area contributed by atoms with E-state index in [4.69, 9.17) is 0 Å². The number of aromatic nitrogens is 1. The topological polar surface area (TPSA) is 12.9 Å². The number of hydrogen-bond donors (Lipinski definition) is 0. The quantitative estimate of drug-likeness (QED) is 0.607. The zero-order valence-electron chi connectivity index (χ0n) is 9.39. The van der Waals surface area contributed by atoms with Crippen LogP contribution in [-0.4, -0.2) is 4.98 Å². The molecule has 2 rings (SSSR count). The van der Waals surface area contributed by atoms with E-state index in [1.165, 1.54) is 16.8 Å². The average Bonchev–Trinajstić information content (AvgIpc) is 2.47. The molecule has 0 aliphatic heterocycles. The Morgan fingerprint density at radius 3 is 2.64 bits per heavy atom. The van der Waals surface area contributed by atoms with Gasteiger partial charge in [0.15, 0.2) is 0 Å². The van der Waals surface area contributed by atoms with Gasteiger partial charge in [-0.1, -0.05) is 32.9 Å². The molecule has 0 atom stereocenters. The normalized spacial score (nSPS) is 14.6. The van der Waals surface area contributed by atoms with Gasteiger partial charge in [-0.3, -0.25) is 4.98 Å². The summed E-state index contributed by atoms with van der Waals surface area (Å²) >= 11 is 0. The summed E-state index contributed by atoms with van der Waals surface area (Å²) in [5, 5.41) is 0. The Morgan fingerprint density at radius 2 is 2.00 bits per heavy atom. The molecule has 1 aliphatic carbocycles. The van der Waals surface area contributed by atoms with Crippen molar-refractivity contribution in [1.29, 1.82) is 0 Å². The zero-order valence-corrected chi connectivity index (χ0v) is 9.39. The minimum absolute atomic E-state index is 0.155. The Kier molecular flexibility index (Phi) is 1.99. The standard InChI is InChI=1S/C13H17N/c1-9-8-10-6-5-7-11(10)12(14-9)13(2,3)4/h5-6,8H,7H2,1-4H3. The first-order chi connectivity index (χ1) is 6.48. The third-order valence-corrected chi connectivity index (χ3v) is 2.62. The fourth-order valence-electron chi connectivity index (χ4n) is 2.01. The summed E-state index contributed by atoms with van der Waals surface area (Å²) in [7, 11) is 0. The van der Waals surface area contributed by atoms with Crippen molar-refractivity contribution in [2.75, 3.05) is 0 Å². The van der Waals surface area contributed by atoms with Crippen LogP contribution in [-0.2, 0) is 11.8 Å². The van der Waals surface area contributed by atoms with Gasteiger partial charge in [-0.15, -0.1) is 0 Å². The van der Waals surface area contributed by atoms with E-state index >= 15 is 0 Å². The summed E-state index contributed by atoms with van der Waals surface area (Å²) in [6, 6.07) is 2.17. The molecule has 14 heavy (non-hydrogen) atoms. The summed E-state index contributed by atoms with van der Waals surface area (Å²) < 4.78 is 0. The van der Waals surface area contributed by atoms with E-state index in [-0.39, 0.29) is 5.41 Å². The molecule has 0 saturated carbocycles. The molecule has 0 N–H and O–H groups in total. The van der Waals surface area contributed by atoms with Crippen LogP contribution in [0, 0.1) is 6.92 Å². The van der Waals surface area contributed by atoms with E-state index in [1.54, 1.807) is 0 Å². The van der Waals surface area contributed by atoms with Crippen LogP contribution in [0.5, 0.6) is 0 Å². The van der Waals surface area contributed by atoms with Gasteiger partial charge < -0.3 is 0 Å². The number of hydrogen-bond acceptors (Lipinski definition) is 1. The molecule has 1 heterocycles. The smallest absolute Gasteiger partial charge is 0.0501 e. The van der Waals surface area contributed by atoms with Crippen LogP contribution >= 0.6 is 0 Å². The lowest BCUT2D eigenvalue weighted by atomic mass is 9.86. The predicted molar refractivity (Wildman–Crippen MR) is 60.4 cm³/mol. The van der Waals surface area contributed by atoms with Crippen molar-refractivity contribution in [1.82, 2.24) is 4.98 Å². The monoisotopic (exact) mass is 187 g/mol. The maximum absolute atomic E-state index is 4.68. The van der Waals surface area contributed by atoms with Crippen LogP contribution in [0.2, 0.25) is 0 Å². The second-order valence-electron chi connectivity index (χ2n) is 5.04. The minimum Gasteiger partial charge on any atom is -0.257 e. The highest BCUT2D eigenvalue weighted by molar-refractivity contribution is 5.62. The molecule has 1 nitrogen and oxygen atoms in total. The molecule has 1 heteroatoms. The molecule has 0 aromatic carbocycles. The molecule has 1 aromatic rings. The number of pyridine rings is 1. The highest BCUT2D eigenvalue weighted by Gasteiger charge is 2.22.